The Morgan fingerprint density at radius 1 is 1.29 bits per heavy atom. The van der Waals surface area contributed by atoms with Gasteiger partial charge in [0.05, 0.1) is 17.9 Å². The number of nitrogens with zero attached hydrogens (tertiary/aromatic N) is 3. The lowest BCUT2D eigenvalue weighted by Crippen LogP contribution is -2.38. The summed E-state index contributed by atoms with van der Waals surface area (Å²) in [4.78, 5) is 18.6. The molecule has 1 aliphatic rings. The van der Waals surface area contributed by atoms with Gasteiger partial charge in [-0.05, 0) is 24.3 Å². The predicted octanol–water partition coefficient (Wildman–Crippen LogP) is 3.15. The molecule has 1 aromatic heterocycles. The quantitative estimate of drug-likeness (QED) is 0.805. The molecular weight excluding hydrogens is 322 g/mol. The smallest absolute Gasteiger partial charge is 0.232 e. The van der Waals surface area contributed by atoms with Gasteiger partial charge in [-0.2, -0.15) is 4.98 Å². The summed E-state index contributed by atoms with van der Waals surface area (Å²) in [5.74, 6) is 3.33. The van der Waals surface area contributed by atoms with Crippen molar-refractivity contribution in [1.29, 1.82) is 0 Å². The summed E-state index contributed by atoms with van der Waals surface area (Å²) >= 11 is 1.55. The first-order valence-electron chi connectivity index (χ1n) is 8.41. The number of hydrogen-bond donors (Lipinski definition) is 0. The highest BCUT2D eigenvalue weighted by Crippen LogP contribution is 2.18. The zero-order valence-electron chi connectivity index (χ0n) is 14.0. The first-order valence-corrected chi connectivity index (χ1v) is 9.57. The molecule has 1 aromatic carbocycles. The molecule has 0 atom stereocenters. The molecule has 0 unspecified atom stereocenters. The van der Waals surface area contributed by atoms with E-state index in [-0.39, 0.29) is 5.91 Å². The normalized spacial score (nSPS) is 15.6. The maximum absolute atomic E-state index is 12.2. The van der Waals surface area contributed by atoms with Gasteiger partial charge in [0.15, 0.2) is 5.82 Å². The Hall–Kier alpha value is -1.82. The van der Waals surface area contributed by atoms with E-state index in [9.17, 15) is 4.79 Å². The zero-order valence-corrected chi connectivity index (χ0v) is 14.8. The number of carbonyl (C=O) groups is 1. The fourth-order valence-electron chi connectivity index (χ4n) is 2.77. The van der Waals surface area contributed by atoms with Gasteiger partial charge in [0.2, 0.25) is 11.8 Å². The average Bonchev–Trinajstić information content (AvgIpc) is 3.03. The van der Waals surface area contributed by atoms with Crippen LogP contribution in [-0.2, 0) is 17.0 Å². The number of thioether (sulfide) groups is 1. The summed E-state index contributed by atoms with van der Waals surface area (Å²) in [5, 5.41) is 4.00. The number of benzene rings is 1. The molecule has 0 bridgehead atoms. The van der Waals surface area contributed by atoms with E-state index in [1.54, 1.807) is 11.8 Å². The molecule has 1 aliphatic heterocycles. The molecule has 2 heterocycles. The molecule has 0 radical (unpaired) electrons. The van der Waals surface area contributed by atoms with Crippen molar-refractivity contribution in [3.63, 3.8) is 0 Å². The van der Waals surface area contributed by atoms with Crippen LogP contribution in [0.25, 0.3) is 0 Å². The lowest BCUT2D eigenvalue weighted by Gasteiger charge is -2.30. The lowest BCUT2D eigenvalue weighted by molar-refractivity contribution is -0.129. The second kappa shape index (κ2) is 8.33. The van der Waals surface area contributed by atoms with Crippen LogP contribution in [-0.4, -0.2) is 39.8 Å². The number of hydrogen-bond acceptors (Lipinski definition) is 5. The van der Waals surface area contributed by atoms with Crippen molar-refractivity contribution in [3.8, 4) is 0 Å². The Kier molecular flexibility index (Phi) is 5.91. The number of aromatic nitrogens is 2. The summed E-state index contributed by atoms with van der Waals surface area (Å²) in [6.07, 6.45) is 2.87. The first kappa shape index (κ1) is 17.0. The van der Waals surface area contributed by atoms with Crippen molar-refractivity contribution in [3.05, 3.63) is 47.6 Å². The maximum atomic E-state index is 12.2. The van der Waals surface area contributed by atoms with Crippen molar-refractivity contribution in [2.24, 2.45) is 5.92 Å². The molecule has 128 valence electrons. The van der Waals surface area contributed by atoms with E-state index in [0.29, 0.717) is 29.6 Å². The topological polar surface area (TPSA) is 59.2 Å². The molecule has 3 rings (SSSR count). The molecule has 0 saturated carbocycles. The van der Waals surface area contributed by atoms with Gasteiger partial charge in [-0.25, -0.2) is 0 Å². The third-order valence-electron chi connectivity index (χ3n) is 4.30. The Balaban J connectivity index is 1.41. The first-order chi connectivity index (χ1) is 11.7. The fourth-order valence-corrected chi connectivity index (χ4v) is 3.53. The van der Waals surface area contributed by atoms with Gasteiger partial charge in [-0.15, -0.1) is 11.8 Å². The van der Waals surface area contributed by atoms with E-state index in [1.807, 2.05) is 35.2 Å². The van der Waals surface area contributed by atoms with Crippen LogP contribution in [0.15, 0.2) is 34.9 Å². The van der Waals surface area contributed by atoms with Crippen LogP contribution in [0.2, 0.25) is 0 Å². The summed E-state index contributed by atoms with van der Waals surface area (Å²) in [6, 6.07) is 10.1. The molecule has 1 fully saturated rings. The van der Waals surface area contributed by atoms with Gasteiger partial charge in [0.1, 0.15) is 0 Å². The molecule has 2 aromatic rings. The SMILES string of the molecule is CC1CCN(C(=O)CSCc2noc(Cc3ccccc3)n2)CC1. The molecule has 0 aliphatic carbocycles. The van der Waals surface area contributed by atoms with Crippen molar-refractivity contribution in [2.45, 2.75) is 31.9 Å². The van der Waals surface area contributed by atoms with Crippen LogP contribution in [0, 0.1) is 5.92 Å². The van der Waals surface area contributed by atoms with E-state index in [1.165, 1.54) is 0 Å². The van der Waals surface area contributed by atoms with E-state index in [2.05, 4.69) is 17.1 Å². The van der Waals surface area contributed by atoms with Crippen molar-refractivity contribution in [1.82, 2.24) is 15.0 Å². The number of carbonyl (C=O) groups excluding carboxylic acids is 1. The Labute approximate surface area is 146 Å². The highest BCUT2D eigenvalue weighted by molar-refractivity contribution is 7.99. The van der Waals surface area contributed by atoms with Crippen LogP contribution in [0.4, 0.5) is 0 Å². The van der Waals surface area contributed by atoms with Crippen molar-refractivity contribution in [2.75, 3.05) is 18.8 Å². The third kappa shape index (κ3) is 4.84. The van der Waals surface area contributed by atoms with Gasteiger partial charge in [0, 0.05) is 13.1 Å². The monoisotopic (exact) mass is 345 g/mol. The van der Waals surface area contributed by atoms with Gasteiger partial charge >= 0.3 is 0 Å². The van der Waals surface area contributed by atoms with E-state index >= 15 is 0 Å². The van der Waals surface area contributed by atoms with Crippen molar-refractivity contribution >= 4 is 17.7 Å². The second-order valence-electron chi connectivity index (χ2n) is 6.32. The highest BCUT2D eigenvalue weighted by Gasteiger charge is 2.20. The molecular formula is C18H23N3O2S. The average molecular weight is 345 g/mol. The van der Waals surface area contributed by atoms with E-state index in [4.69, 9.17) is 4.52 Å². The van der Waals surface area contributed by atoms with Crippen LogP contribution in [0.5, 0.6) is 0 Å². The van der Waals surface area contributed by atoms with Gasteiger partial charge in [-0.1, -0.05) is 42.4 Å². The van der Waals surface area contributed by atoms with Gasteiger partial charge in [-0.3, -0.25) is 4.79 Å². The molecule has 1 saturated heterocycles. The van der Waals surface area contributed by atoms with Crippen molar-refractivity contribution < 1.29 is 9.32 Å². The summed E-state index contributed by atoms with van der Waals surface area (Å²) < 4.78 is 5.28. The zero-order chi connectivity index (χ0) is 16.8. The summed E-state index contributed by atoms with van der Waals surface area (Å²) in [7, 11) is 0. The minimum absolute atomic E-state index is 0.222. The van der Waals surface area contributed by atoms with E-state index < -0.39 is 0 Å². The molecule has 0 spiro atoms. The number of piperidine rings is 1. The van der Waals surface area contributed by atoms with Gasteiger partial charge in [0.25, 0.3) is 0 Å². The largest absolute Gasteiger partial charge is 0.342 e. The standard InChI is InChI=1S/C18H23N3O2S/c1-14-7-9-21(10-8-14)18(22)13-24-12-16-19-17(23-20-16)11-15-5-3-2-4-6-15/h2-6,14H,7-13H2,1H3. The minimum Gasteiger partial charge on any atom is -0.342 e. The van der Waals surface area contributed by atoms with Gasteiger partial charge < -0.3 is 9.42 Å². The van der Waals surface area contributed by atoms with Crippen LogP contribution in [0.3, 0.4) is 0 Å². The predicted molar refractivity (Wildman–Crippen MR) is 94.7 cm³/mol. The molecule has 1 amide bonds. The second-order valence-corrected chi connectivity index (χ2v) is 7.31. The molecule has 24 heavy (non-hydrogen) atoms. The van der Waals surface area contributed by atoms with E-state index in [0.717, 1.165) is 37.4 Å². The minimum atomic E-state index is 0.222. The van der Waals surface area contributed by atoms with Crippen LogP contribution < -0.4 is 0 Å². The number of rotatable bonds is 6. The maximum Gasteiger partial charge on any atom is 0.232 e. The number of likely N-dealkylation sites (tertiary alicyclic amines) is 1. The summed E-state index contributed by atoms with van der Waals surface area (Å²) in [5.41, 5.74) is 1.15. The van der Waals surface area contributed by atoms with Crippen LogP contribution >= 0.6 is 11.8 Å². The number of amides is 1. The molecule has 0 N–H and O–H groups in total. The fraction of sp³-hybridized carbons (Fsp3) is 0.500. The lowest BCUT2D eigenvalue weighted by atomic mass is 9.99. The highest BCUT2D eigenvalue weighted by atomic mass is 32.2. The molecule has 5 nitrogen and oxygen atoms in total. The summed E-state index contributed by atoms with van der Waals surface area (Å²) in [6.45, 7) is 4.04. The van der Waals surface area contributed by atoms with Crippen LogP contribution in [0.1, 0.15) is 37.0 Å². The Bertz CT molecular complexity index is 651. The molecule has 6 heteroatoms. The third-order valence-corrected chi connectivity index (χ3v) is 5.21. The Morgan fingerprint density at radius 3 is 2.79 bits per heavy atom. The Morgan fingerprint density at radius 2 is 2.04 bits per heavy atom.